The fraction of sp³-hybridized carbons (Fsp3) is 0.375. The fourth-order valence-electron chi connectivity index (χ4n) is 4.64. The Morgan fingerprint density at radius 2 is 1.56 bits per heavy atom. The summed E-state index contributed by atoms with van der Waals surface area (Å²) in [4.78, 5) is 12.1. The average molecular weight is 362 g/mol. The van der Waals surface area contributed by atoms with Crippen LogP contribution in [0.5, 0.6) is 0 Å². The Balaban J connectivity index is 1.91. The van der Waals surface area contributed by atoms with Gasteiger partial charge in [-0.1, -0.05) is 79.9 Å². The number of ether oxygens (including phenoxy) is 2. The normalized spacial score (nSPS) is 21.4. The molecule has 27 heavy (non-hydrogen) atoms. The number of benzene rings is 2. The maximum atomic E-state index is 12.1. The van der Waals surface area contributed by atoms with E-state index in [1.54, 1.807) is 0 Å². The van der Waals surface area contributed by atoms with Gasteiger partial charge in [-0.05, 0) is 35.1 Å². The van der Waals surface area contributed by atoms with Crippen LogP contribution in [0.25, 0.3) is 11.1 Å². The van der Waals surface area contributed by atoms with E-state index < -0.39 is 0 Å². The van der Waals surface area contributed by atoms with Gasteiger partial charge in [-0.15, -0.1) is 0 Å². The van der Waals surface area contributed by atoms with Crippen molar-refractivity contribution in [2.45, 2.75) is 50.2 Å². The Morgan fingerprint density at radius 1 is 0.963 bits per heavy atom. The minimum absolute atomic E-state index is 0.228. The zero-order valence-corrected chi connectivity index (χ0v) is 15.8. The van der Waals surface area contributed by atoms with Crippen LogP contribution in [0.3, 0.4) is 0 Å². The van der Waals surface area contributed by atoms with Gasteiger partial charge in [0.15, 0.2) is 0 Å². The van der Waals surface area contributed by atoms with E-state index >= 15 is 0 Å². The first-order valence-corrected chi connectivity index (χ1v) is 9.84. The summed E-state index contributed by atoms with van der Waals surface area (Å²) in [5.41, 5.74) is 4.44. The lowest BCUT2D eigenvalue weighted by molar-refractivity contribution is -0.144. The Labute approximate surface area is 161 Å². The molecule has 1 aliphatic heterocycles. The van der Waals surface area contributed by atoms with Crippen LogP contribution in [-0.2, 0) is 14.3 Å². The molecule has 3 heteroatoms. The second kappa shape index (κ2) is 7.69. The highest BCUT2D eigenvalue weighted by Crippen LogP contribution is 2.53. The standard InChI is InChI=1S/C24H26O3/c1-26-21(25)17-20-22(18-11-5-2-6-12-18)23(19-13-7-3-8-14-19)24(27-20)15-9-4-10-16-24/h2-3,5-8,11-14,20H,4,9-10,15-17H2,1H3. The lowest BCUT2D eigenvalue weighted by Crippen LogP contribution is -2.35. The van der Waals surface area contributed by atoms with Gasteiger partial charge >= 0.3 is 5.97 Å². The van der Waals surface area contributed by atoms with Crippen molar-refractivity contribution in [3.05, 3.63) is 71.8 Å². The molecule has 1 unspecified atom stereocenters. The number of rotatable bonds is 4. The summed E-state index contributed by atoms with van der Waals surface area (Å²) in [5.74, 6) is -0.228. The van der Waals surface area contributed by atoms with Crippen LogP contribution < -0.4 is 0 Å². The molecule has 4 rings (SSSR count). The van der Waals surface area contributed by atoms with Gasteiger partial charge in [0.05, 0.1) is 25.2 Å². The monoisotopic (exact) mass is 362 g/mol. The molecule has 140 valence electrons. The molecule has 1 atom stereocenters. The lowest BCUT2D eigenvalue weighted by Gasteiger charge is -2.36. The van der Waals surface area contributed by atoms with Crippen molar-refractivity contribution in [1.29, 1.82) is 0 Å². The molecule has 0 amide bonds. The third kappa shape index (κ3) is 3.44. The van der Waals surface area contributed by atoms with E-state index in [0.717, 1.165) is 36.8 Å². The molecular weight excluding hydrogens is 336 g/mol. The predicted octanol–water partition coefficient (Wildman–Crippen LogP) is 5.26. The summed E-state index contributed by atoms with van der Waals surface area (Å²) < 4.78 is 11.7. The quantitative estimate of drug-likeness (QED) is 0.696. The Hall–Kier alpha value is -2.39. The average Bonchev–Trinajstić information content (AvgIpc) is 3.02. The highest BCUT2D eigenvalue weighted by Gasteiger charge is 2.48. The molecule has 1 fully saturated rings. The largest absolute Gasteiger partial charge is 0.469 e. The fourth-order valence-corrected chi connectivity index (χ4v) is 4.64. The van der Waals surface area contributed by atoms with Crippen molar-refractivity contribution in [2.24, 2.45) is 0 Å². The van der Waals surface area contributed by atoms with Gasteiger partial charge in [0.2, 0.25) is 0 Å². The molecule has 1 heterocycles. The second-order valence-electron chi connectivity index (χ2n) is 7.46. The zero-order chi connectivity index (χ0) is 18.7. The molecule has 2 aromatic carbocycles. The Morgan fingerprint density at radius 3 is 2.15 bits per heavy atom. The minimum atomic E-state index is -0.302. The van der Waals surface area contributed by atoms with E-state index in [-0.39, 0.29) is 24.1 Å². The van der Waals surface area contributed by atoms with Crippen molar-refractivity contribution >= 4 is 17.1 Å². The first-order chi connectivity index (χ1) is 13.2. The molecule has 1 spiro atoms. The summed E-state index contributed by atoms with van der Waals surface area (Å²) in [6.45, 7) is 0. The molecule has 1 aliphatic carbocycles. The highest BCUT2D eigenvalue weighted by atomic mass is 16.5. The summed E-state index contributed by atoms with van der Waals surface area (Å²) in [5, 5.41) is 0. The minimum Gasteiger partial charge on any atom is -0.469 e. The van der Waals surface area contributed by atoms with Crippen LogP contribution >= 0.6 is 0 Å². The summed E-state index contributed by atoms with van der Waals surface area (Å²) in [6.07, 6.45) is 5.55. The molecule has 0 N–H and O–H groups in total. The van der Waals surface area contributed by atoms with E-state index in [2.05, 4.69) is 36.4 Å². The topological polar surface area (TPSA) is 35.5 Å². The number of carbonyl (C=O) groups is 1. The van der Waals surface area contributed by atoms with Crippen LogP contribution in [0.15, 0.2) is 60.7 Å². The molecule has 3 nitrogen and oxygen atoms in total. The molecule has 0 radical (unpaired) electrons. The molecular formula is C24H26O3. The lowest BCUT2D eigenvalue weighted by atomic mass is 9.75. The van der Waals surface area contributed by atoms with E-state index in [9.17, 15) is 4.79 Å². The van der Waals surface area contributed by atoms with Gasteiger partial charge in [-0.2, -0.15) is 0 Å². The molecule has 2 aromatic rings. The van der Waals surface area contributed by atoms with Gasteiger partial charge in [0, 0.05) is 0 Å². The van der Waals surface area contributed by atoms with E-state index in [1.807, 2.05) is 24.3 Å². The van der Waals surface area contributed by atoms with Crippen LogP contribution in [0.1, 0.15) is 49.7 Å². The second-order valence-corrected chi connectivity index (χ2v) is 7.46. The Kier molecular flexibility index (Phi) is 5.13. The number of methoxy groups -OCH3 is 1. The molecule has 1 saturated carbocycles. The van der Waals surface area contributed by atoms with E-state index in [1.165, 1.54) is 24.7 Å². The van der Waals surface area contributed by atoms with Gasteiger partial charge in [0.1, 0.15) is 0 Å². The smallest absolute Gasteiger partial charge is 0.308 e. The number of hydrogen-bond acceptors (Lipinski definition) is 3. The summed E-state index contributed by atoms with van der Waals surface area (Å²) in [7, 11) is 1.44. The van der Waals surface area contributed by atoms with Gasteiger partial charge in [-0.25, -0.2) is 0 Å². The van der Waals surface area contributed by atoms with Crippen LogP contribution in [-0.4, -0.2) is 24.8 Å². The van der Waals surface area contributed by atoms with Crippen molar-refractivity contribution in [3.63, 3.8) is 0 Å². The van der Waals surface area contributed by atoms with E-state index in [0.29, 0.717) is 0 Å². The zero-order valence-electron chi connectivity index (χ0n) is 15.8. The van der Waals surface area contributed by atoms with Gasteiger partial charge < -0.3 is 9.47 Å². The van der Waals surface area contributed by atoms with Gasteiger partial charge in [0.25, 0.3) is 0 Å². The third-order valence-corrected chi connectivity index (χ3v) is 5.80. The number of esters is 1. The third-order valence-electron chi connectivity index (χ3n) is 5.80. The number of hydrogen-bond donors (Lipinski definition) is 0. The Bertz CT molecular complexity index is 817. The van der Waals surface area contributed by atoms with E-state index in [4.69, 9.17) is 9.47 Å². The maximum Gasteiger partial charge on any atom is 0.308 e. The molecule has 2 aliphatic rings. The van der Waals surface area contributed by atoms with Crippen molar-refractivity contribution in [1.82, 2.24) is 0 Å². The first-order valence-electron chi connectivity index (χ1n) is 9.84. The SMILES string of the molecule is COC(=O)CC1OC2(CCCCC2)C(c2ccccc2)=C1c1ccccc1. The van der Waals surface area contributed by atoms with Crippen molar-refractivity contribution in [2.75, 3.05) is 7.11 Å². The van der Waals surface area contributed by atoms with Crippen LogP contribution in [0.2, 0.25) is 0 Å². The molecule has 0 aromatic heterocycles. The predicted molar refractivity (Wildman–Crippen MR) is 107 cm³/mol. The number of carbonyl (C=O) groups excluding carboxylic acids is 1. The van der Waals surface area contributed by atoms with Crippen LogP contribution in [0, 0.1) is 0 Å². The maximum absolute atomic E-state index is 12.1. The summed E-state index contributed by atoms with van der Waals surface area (Å²) >= 11 is 0. The highest BCUT2D eigenvalue weighted by molar-refractivity contribution is 5.99. The first kappa shape index (κ1) is 18.0. The van der Waals surface area contributed by atoms with Crippen LogP contribution in [0.4, 0.5) is 0 Å². The van der Waals surface area contributed by atoms with Crippen molar-refractivity contribution < 1.29 is 14.3 Å². The van der Waals surface area contributed by atoms with Gasteiger partial charge in [-0.3, -0.25) is 4.79 Å². The molecule has 0 bridgehead atoms. The molecule has 0 saturated heterocycles. The van der Waals surface area contributed by atoms with Crippen molar-refractivity contribution in [3.8, 4) is 0 Å². The summed E-state index contributed by atoms with van der Waals surface area (Å²) in [6, 6.07) is 20.9.